The van der Waals surface area contributed by atoms with E-state index in [0.29, 0.717) is 0 Å². The molecule has 1 saturated heterocycles. The normalized spacial score (nSPS) is 18.8. The minimum Gasteiger partial charge on any atom is -0.399 e. The Hall–Kier alpha value is -1.30. The second kappa shape index (κ2) is 8.70. The summed E-state index contributed by atoms with van der Waals surface area (Å²) < 4.78 is 5.40. The molecule has 0 bridgehead atoms. The fourth-order valence-electron chi connectivity index (χ4n) is 3.69. The summed E-state index contributed by atoms with van der Waals surface area (Å²) in [4.78, 5) is 7.48. The number of benzene rings is 1. The van der Waals surface area contributed by atoms with Gasteiger partial charge in [0.25, 0.3) is 0 Å². The molecule has 0 atom stereocenters. The lowest BCUT2D eigenvalue weighted by atomic mass is 10.0. The molecule has 5 heteroatoms. The highest BCUT2D eigenvalue weighted by molar-refractivity contribution is 5.62. The van der Waals surface area contributed by atoms with E-state index in [-0.39, 0.29) is 0 Å². The molecule has 0 saturated carbocycles. The number of fused-ring (bicyclic) bond motifs is 1. The lowest BCUT2D eigenvalue weighted by Crippen LogP contribution is -2.39. The molecule has 2 aliphatic heterocycles. The number of nitrogens with two attached hydrogens (primary N) is 1. The van der Waals surface area contributed by atoms with E-state index in [1.54, 1.807) is 0 Å². The minimum absolute atomic E-state index is 0.875. The highest BCUT2D eigenvalue weighted by Gasteiger charge is 2.17. The summed E-state index contributed by atoms with van der Waals surface area (Å²) in [5.74, 6) is 0. The van der Waals surface area contributed by atoms with Crippen LogP contribution in [0.5, 0.6) is 0 Å². The summed E-state index contributed by atoms with van der Waals surface area (Å²) in [6.07, 6.45) is 3.67. The van der Waals surface area contributed by atoms with Gasteiger partial charge in [0.05, 0.1) is 13.2 Å². The Morgan fingerprint density at radius 1 is 1.12 bits per heavy atom. The second-order valence-corrected chi connectivity index (χ2v) is 7.09. The average Bonchev–Trinajstić information content (AvgIpc) is 2.61. The molecule has 1 aromatic rings. The molecule has 5 nitrogen and oxygen atoms in total. The van der Waals surface area contributed by atoms with Crippen LogP contribution in [0.25, 0.3) is 0 Å². The van der Waals surface area contributed by atoms with Crippen LogP contribution >= 0.6 is 0 Å². The van der Waals surface area contributed by atoms with Crippen LogP contribution in [0.4, 0.5) is 11.4 Å². The van der Waals surface area contributed by atoms with Gasteiger partial charge in [-0.1, -0.05) is 6.07 Å². The van der Waals surface area contributed by atoms with Crippen molar-refractivity contribution in [1.82, 2.24) is 9.80 Å². The van der Waals surface area contributed by atoms with Crippen LogP contribution in [0.3, 0.4) is 0 Å². The first kappa shape index (κ1) is 17.5. The number of nitrogen functional groups attached to an aromatic ring is 1. The minimum atomic E-state index is 0.875. The number of nitrogens with zero attached hydrogens (tertiary/aromatic N) is 3. The predicted octanol–water partition coefficient (Wildman–Crippen LogP) is 1.68. The number of likely N-dealkylation sites (N-methyl/N-ethyl adjacent to an activating group) is 1. The smallest absolute Gasteiger partial charge is 0.0594 e. The summed E-state index contributed by atoms with van der Waals surface area (Å²) in [7, 11) is 2.24. The Balaban J connectivity index is 1.40. The fourth-order valence-corrected chi connectivity index (χ4v) is 3.69. The first-order valence-electron chi connectivity index (χ1n) is 9.34. The van der Waals surface area contributed by atoms with Crippen LogP contribution in [-0.4, -0.2) is 75.9 Å². The topological polar surface area (TPSA) is 45.0 Å². The summed E-state index contributed by atoms with van der Waals surface area (Å²) >= 11 is 0. The van der Waals surface area contributed by atoms with E-state index < -0.39 is 0 Å². The van der Waals surface area contributed by atoms with Gasteiger partial charge in [0.1, 0.15) is 0 Å². The van der Waals surface area contributed by atoms with Gasteiger partial charge in [-0.3, -0.25) is 4.90 Å². The number of aryl methyl sites for hydroxylation is 1. The van der Waals surface area contributed by atoms with Crippen LogP contribution in [0.1, 0.15) is 18.4 Å². The van der Waals surface area contributed by atoms with Gasteiger partial charge in [-0.15, -0.1) is 0 Å². The Kier molecular flexibility index (Phi) is 6.35. The lowest BCUT2D eigenvalue weighted by molar-refractivity contribution is 0.0364. The zero-order valence-corrected chi connectivity index (χ0v) is 15.0. The third-order valence-corrected chi connectivity index (χ3v) is 5.19. The van der Waals surface area contributed by atoms with Crippen LogP contribution in [0.2, 0.25) is 0 Å². The summed E-state index contributed by atoms with van der Waals surface area (Å²) in [6, 6.07) is 6.37. The molecular formula is C19H32N4O. The molecule has 0 amide bonds. The molecule has 0 spiro atoms. The molecule has 1 fully saturated rings. The van der Waals surface area contributed by atoms with Crippen molar-refractivity contribution < 1.29 is 4.74 Å². The van der Waals surface area contributed by atoms with Crippen molar-refractivity contribution in [2.75, 3.05) is 76.7 Å². The van der Waals surface area contributed by atoms with E-state index in [1.165, 1.54) is 37.1 Å². The van der Waals surface area contributed by atoms with E-state index in [0.717, 1.165) is 58.2 Å². The van der Waals surface area contributed by atoms with Gasteiger partial charge in [0, 0.05) is 44.1 Å². The van der Waals surface area contributed by atoms with E-state index in [1.807, 2.05) is 6.07 Å². The number of anilines is 2. The monoisotopic (exact) mass is 332 g/mol. The van der Waals surface area contributed by atoms with E-state index >= 15 is 0 Å². The van der Waals surface area contributed by atoms with Crippen molar-refractivity contribution in [3.05, 3.63) is 23.8 Å². The number of hydrogen-bond donors (Lipinski definition) is 1. The average molecular weight is 332 g/mol. The number of ether oxygens (including phenoxy) is 1. The maximum absolute atomic E-state index is 5.99. The maximum atomic E-state index is 5.99. The van der Waals surface area contributed by atoms with Crippen molar-refractivity contribution in [3.8, 4) is 0 Å². The predicted molar refractivity (Wildman–Crippen MR) is 101 cm³/mol. The van der Waals surface area contributed by atoms with Gasteiger partial charge < -0.3 is 20.3 Å². The number of hydrogen-bond acceptors (Lipinski definition) is 5. The van der Waals surface area contributed by atoms with Gasteiger partial charge in [-0.25, -0.2) is 0 Å². The molecule has 2 N–H and O–H groups in total. The maximum Gasteiger partial charge on any atom is 0.0594 e. The van der Waals surface area contributed by atoms with E-state index in [9.17, 15) is 0 Å². The molecule has 2 aliphatic rings. The van der Waals surface area contributed by atoms with Crippen molar-refractivity contribution in [3.63, 3.8) is 0 Å². The summed E-state index contributed by atoms with van der Waals surface area (Å²) in [5, 5.41) is 0. The highest BCUT2D eigenvalue weighted by Crippen LogP contribution is 2.28. The number of morpholine rings is 1. The van der Waals surface area contributed by atoms with Crippen LogP contribution in [0, 0.1) is 0 Å². The molecular weight excluding hydrogens is 300 g/mol. The third kappa shape index (κ3) is 4.85. The van der Waals surface area contributed by atoms with E-state index in [4.69, 9.17) is 10.5 Å². The van der Waals surface area contributed by atoms with Crippen molar-refractivity contribution in [1.29, 1.82) is 0 Å². The van der Waals surface area contributed by atoms with Gasteiger partial charge >= 0.3 is 0 Å². The van der Waals surface area contributed by atoms with Crippen molar-refractivity contribution >= 4 is 11.4 Å². The van der Waals surface area contributed by atoms with E-state index in [2.05, 4.69) is 33.9 Å². The van der Waals surface area contributed by atoms with Gasteiger partial charge in [0.2, 0.25) is 0 Å². The van der Waals surface area contributed by atoms with Crippen LogP contribution in [0.15, 0.2) is 18.2 Å². The standard InChI is InChI=1S/C19H32N4O/c1-21(7-3-8-22-12-14-24-15-13-22)10-11-23-9-2-4-17-5-6-18(20)16-19(17)23/h5-6,16H,2-4,7-15,20H2,1H3. The Bertz CT molecular complexity index is 516. The summed E-state index contributed by atoms with van der Waals surface area (Å²) in [6.45, 7) is 9.68. The quantitative estimate of drug-likeness (QED) is 0.770. The third-order valence-electron chi connectivity index (χ3n) is 5.19. The van der Waals surface area contributed by atoms with Crippen molar-refractivity contribution in [2.24, 2.45) is 0 Å². The Morgan fingerprint density at radius 2 is 1.96 bits per heavy atom. The summed E-state index contributed by atoms with van der Waals surface area (Å²) in [5.41, 5.74) is 9.66. The van der Waals surface area contributed by atoms with Gasteiger partial charge in [-0.05, 0) is 57.1 Å². The lowest BCUT2D eigenvalue weighted by Gasteiger charge is -2.33. The van der Waals surface area contributed by atoms with Crippen LogP contribution in [-0.2, 0) is 11.2 Å². The molecule has 0 aromatic heterocycles. The first-order chi connectivity index (χ1) is 11.7. The van der Waals surface area contributed by atoms with Gasteiger partial charge in [0.15, 0.2) is 0 Å². The Labute approximate surface area is 146 Å². The first-order valence-corrected chi connectivity index (χ1v) is 9.34. The molecule has 134 valence electrons. The van der Waals surface area contributed by atoms with Crippen LogP contribution < -0.4 is 10.6 Å². The number of rotatable bonds is 7. The molecule has 0 aliphatic carbocycles. The zero-order valence-electron chi connectivity index (χ0n) is 15.0. The van der Waals surface area contributed by atoms with Gasteiger partial charge in [-0.2, -0.15) is 0 Å². The molecule has 1 aromatic carbocycles. The second-order valence-electron chi connectivity index (χ2n) is 7.09. The van der Waals surface area contributed by atoms with Crippen molar-refractivity contribution in [2.45, 2.75) is 19.3 Å². The molecule has 2 heterocycles. The molecule has 0 radical (unpaired) electrons. The largest absolute Gasteiger partial charge is 0.399 e. The highest BCUT2D eigenvalue weighted by atomic mass is 16.5. The Morgan fingerprint density at radius 3 is 2.79 bits per heavy atom. The fraction of sp³-hybridized carbons (Fsp3) is 0.684. The zero-order chi connectivity index (χ0) is 16.8. The SMILES string of the molecule is CN(CCCN1CCOCC1)CCN1CCCc2ccc(N)cc21. The molecule has 3 rings (SSSR count). The molecule has 24 heavy (non-hydrogen) atoms. The molecule has 0 unspecified atom stereocenters.